The van der Waals surface area contributed by atoms with Gasteiger partial charge >= 0.3 is 12.3 Å². The molecule has 0 amide bonds. The van der Waals surface area contributed by atoms with Crippen LogP contribution in [0.1, 0.15) is 11.6 Å². The fourth-order valence-electron chi connectivity index (χ4n) is 1.20. The Labute approximate surface area is 99.5 Å². The van der Waals surface area contributed by atoms with Crippen LogP contribution in [0.2, 0.25) is 0 Å². The van der Waals surface area contributed by atoms with E-state index in [2.05, 4.69) is 10.2 Å². The molecule has 0 N–H and O–H groups in total. The molecule has 0 spiro atoms. The Morgan fingerprint density at radius 1 is 1.41 bits per heavy atom. The summed E-state index contributed by atoms with van der Waals surface area (Å²) in [6.45, 7) is -0.00254. The lowest BCUT2D eigenvalue weighted by atomic mass is 10.3. The molecular weight excluding hydrogens is 266 g/mol. The van der Waals surface area contributed by atoms with Crippen LogP contribution in [0.25, 0.3) is 0 Å². The molecule has 0 fully saturated rings. The maximum atomic E-state index is 13.2. The van der Waals surface area contributed by atoms with Crippen molar-refractivity contribution in [2.75, 3.05) is 13.7 Å². The van der Waals surface area contributed by atoms with Gasteiger partial charge in [-0.15, -0.1) is 21.8 Å². The molecule has 17 heavy (non-hydrogen) atoms. The van der Waals surface area contributed by atoms with E-state index >= 15 is 0 Å². The quantitative estimate of drug-likeness (QED) is 0.589. The van der Waals surface area contributed by atoms with Crippen LogP contribution in [-0.4, -0.2) is 34.9 Å². The van der Waals surface area contributed by atoms with E-state index in [1.165, 1.54) is 7.11 Å². The lowest BCUT2D eigenvalue weighted by Gasteiger charge is -2.16. The first-order chi connectivity index (χ1) is 7.95. The van der Waals surface area contributed by atoms with Crippen LogP contribution >= 0.6 is 11.6 Å². The Hall–Kier alpha value is -0.890. The number of alkyl halides is 5. The number of nitrogens with zero attached hydrogens (tertiary/aromatic N) is 3. The van der Waals surface area contributed by atoms with E-state index < -0.39 is 18.2 Å². The zero-order valence-electron chi connectivity index (χ0n) is 8.84. The van der Waals surface area contributed by atoms with Crippen LogP contribution in [0.5, 0.6) is 0 Å². The van der Waals surface area contributed by atoms with Gasteiger partial charge in [-0.1, -0.05) is 0 Å². The third-order valence-corrected chi connectivity index (χ3v) is 2.28. The lowest BCUT2D eigenvalue weighted by molar-refractivity contribution is -0.143. The van der Waals surface area contributed by atoms with Crippen molar-refractivity contribution in [3.05, 3.63) is 11.6 Å². The van der Waals surface area contributed by atoms with E-state index in [1.807, 2.05) is 0 Å². The highest BCUT2D eigenvalue weighted by molar-refractivity contribution is 6.16. The number of halogens is 5. The average molecular weight is 276 g/mol. The number of methoxy groups -OCH3 is 1. The molecule has 0 aliphatic rings. The minimum absolute atomic E-state index is 0.000887. The summed E-state index contributed by atoms with van der Waals surface area (Å²) in [7, 11) is 1.36. The van der Waals surface area contributed by atoms with Crippen molar-refractivity contribution in [2.24, 2.45) is 0 Å². The zero-order chi connectivity index (χ0) is 13.1. The fraction of sp³-hybridized carbons (Fsp3) is 0.750. The molecule has 98 valence electrons. The molecule has 1 aromatic heterocycles. The molecule has 0 saturated carbocycles. The minimum Gasteiger partial charge on any atom is -0.383 e. The third-order valence-electron chi connectivity index (χ3n) is 2.04. The van der Waals surface area contributed by atoms with Gasteiger partial charge in [0.2, 0.25) is 5.82 Å². The molecular formula is C8H10ClF4N3O. The molecule has 0 bridgehead atoms. The van der Waals surface area contributed by atoms with Gasteiger partial charge < -0.3 is 9.30 Å². The van der Waals surface area contributed by atoms with Crippen LogP contribution in [0.15, 0.2) is 0 Å². The van der Waals surface area contributed by atoms with Crippen molar-refractivity contribution in [1.82, 2.24) is 14.8 Å². The first kappa shape index (κ1) is 14.2. The third kappa shape index (κ3) is 2.86. The molecule has 9 heteroatoms. The second kappa shape index (κ2) is 5.63. The molecule has 1 aromatic rings. The Kier molecular flexibility index (Phi) is 4.70. The number of rotatable bonds is 6. The van der Waals surface area contributed by atoms with Gasteiger partial charge in [-0.25, -0.2) is 8.78 Å². The Bertz CT molecular complexity index is 372. The molecule has 0 atom stereocenters. The van der Waals surface area contributed by atoms with Crippen molar-refractivity contribution >= 4 is 11.6 Å². The maximum absolute atomic E-state index is 13.2. The summed E-state index contributed by atoms with van der Waals surface area (Å²) in [4.78, 5) is 0. The number of hydrogen-bond donors (Lipinski definition) is 0. The first-order valence-corrected chi connectivity index (χ1v) is 5.12. The molecule has 0 aliphatic heterocycles. The highest BCUT2D eigenvalue weighted by Crippen LogP contribution is 2.33. The summed E-state index contributed by atoms with van der Waals surface area (Å²) in [6, 6.07) is 0. The summed E-state index contributed by atoms with van der Waals surface area (Å²) >= 11 is 5.46. The number of ether oxygens (including phenoxy) is 1. The van der Waals surface area contributed by atoms with E-state index in [9.17, 15) is 17.6 Å². The van der Waals surface area contributed by atoms with Crippen LogP contribution in [0, 0.1) is 0 Å². The van der Waals surface area contributed by atoms with Crippen LogP contribution in [0.3, 0.4) is 0 Å². The Morgan fingerprint density at radius 2 is 2.06 bits per heavy atom. The number of hydrogen-bond acceptors (Lipinski definition) is 3. The normalized spacial score (nSPS) is 12.4. The summed E-state index contributed by atoms with van der Waals surface area (Å²) < 4.78 is 56.3. The van der Waals surface area contributed by atoms with Crippen molar-refractivity contribution in [2.45, 2.75) is 24.8 Å². The predicted molar refractivity (Wildman–Crippen MR) is 51.4 cm³/mol. The molecule has 0 saturated heterocycles. The SMILES string of the molecule is COCCn1c(CCl)nnc1C(F)(F)C(F)F. The van der Waals surface area contributed by atoms with Gasteiger partial charge in [0.1, 0.15) is 5.82 Å². The summed E-state index contributed by atoms with van der Waals surface area (Å²) in [6.07, 6.45) is -3.85. The average Bonchev–Trinajstić information content (AvgIpc) is 2.69. The first-order valence-electron chi connectivity index (χ1n) is 4.58. The smallest absolute Gasteiger partial charge is 0.365 e. The second-order valence-corrected chi connectivity index (χ2v) is 3.41. The fourth-order valence-corrected chi connectivity index (χ4v) is 1.39. The van der Waals surface area contributed by atoms with Crippen molar-refractivity contribution in [1.29, 1.82) is 0 Å². The molecule has 1 rings (SSSR count). The summed E-state index contributed by atoms with van der Waals surface area (Å²) in [5, 5.41) is 6.42. The maximum Gasteiger partial charge on any atom is 0.365 e. The molecule has 0 unspecified atom stereocenters. The van der Waals surface area contributed by atoms with Crippen molar-refractivity contribution in [3.8, 4) is 0 Å². The lowest BCUT2D eigenvalue weighted by Crippen LogP contribution is -2.29. The molecule has 4 nitrogen and oxygen atoms in total. The van der Waals surface area contributed by atoms with E-state index in [0.29, 0.717) is 0 Å². The van der Waals surface area contributed by atoms with Gasteiger partial charge in [0.05, 0.1) is 12.5 Å². The van der Waals surface area contributed by atoms with Crippen molar-refractivity contribution in [3.63, 3.8) is 0 Å². The summed E-state index contributed by atoms with van der Waals surface area (Å²) in [5.74, 6) is -5.65. The van der Waals surface area contributed by atoms with Gasteiger partial charge in [0, 0.05) is 13.7 Å². The van der Waals surface area contributed by atoms with E-state index in [0.717, 1.165) is 4.57 Å². The molecule has 0 aromatic carbocycles. The minimum atomic E-state index is -4.36. The topological polar surface area (TPSA) is 39.9 Å². The van der Waals surface area contributed by atoms with Gasteiger partial charge in [-0.3, -0.25) is 0 Å². The van der Waals surface area contributed by atoms with Crippen LogP contribution in [-0.2, 0) is 23.1 Å². The Morgan fingerprint density at radius 3 is 2.53 bits per heavy atom. The van der Waals surface area contributed by atoms with E-state index in [-0.39, 0.29) is 24.9 Å². The molecule has 0 radical (unpaired) electrons. The standard InChI is InChI=1S/C8H10ClF4N3O/c1-17-3-2-16-5(4-9)14-15-7(16)8(12,13)6(10)11/h6H,2-4H2,1H3. The van der Waals surface area contributed by atoms with Crippen molar-refractivity contribution < 1.29 is 22.3 Å². The van der Waals surface area contributed by atoms with E-state index in [4.69, 9.17) is 16.3 Å². The highest BCUT2D eigenvalue weighted by Gasteiger charge is 2.47. The van der Waals surface area contributed by atoms with Crippen LogP contribution < -0.4 is 0 Å². The summed E-state index contributed by atoms with van der Waals surface area (Å²) in [5.41, 5.74) is 0. The predicted octanol–water partition coefficient (Wildman–Crippen LogP) is 2.02. The van der Waals surface area contributed by atoms with Gasteiger partial charge in [0.15, 0.2) is 0 Å². The van der Waals surface area contributed by atoms with Gasteiger partial charge in [-0.2, -0.15) is 8.78 Å². The largest absolute Gasteiger partial charge is 0.383 e. The van der Waals surface area contributed by atoms with Gasteiger partial charge in [-0.05, 0) is 0 Å². The van der Waals surface area contributed by atoms with Crippen LogP contribution in [0.4, 0.5) is 17.6 Å². The second-order valence-electron chi connectivity index (χ2n) is 3.14. The Balaban J connectivity index is 3.10. The zero-order valence-corrected chi connectivity index (χ0v) is 9.59. The van der Waals surface area contributed by atoms with E-state index in [1.54, 1.807) is 0 Å². The van der Waals surface area contributed by atoms with Gasteiger partial charge in [0.25, 0.3) is 0 Å². The molecule has 1 heterocycles. The molecule has 0 aliphatic carbocycles. The monoisotopic (exact) mass is 275 g/mol. The number of aromatic nitrogens is 3. The highest BCUT2D eigenvalue weighted by atomic mass is 35.5.